The molecule has 12 heteroatoms. The van der Waals surface area contributed by atoms with E-state index in [0.717, 1.165) is 6.92 Å². The summed E-state index contributed by atoms with van der Waals surface area (Å²) in [6, 6.07) is 0. The standard InChI is InChI=1S/C4H8F2N2S.CHF3O3S/c1-4(5,6)2-9-3(7)8;2-1(3,4)8(5,6)7/h2H2,1H3,(H3,7,8);(H,5,6,7). The van der Waals surface area contributed by atoms with Crippen molar-refractivity contribution in [3.8, 4) is 0 Å². The molecule has 0 unspecified atom stereocenters. The van der Waals surface area contributed by atoms with Crippen molar-refractivity contribution in [1.82, 2.24) is 0 Å². The van der Waals surface area contributed by atoms with Gasteiger partial charge in [-0.3, -0.25) is 9.96 Å². The van der Waals surface area contributed by atoms with Crippen LogP contribution in [0.5, 0.6) is 0 Å². The fraction of sp³-hybridized carbons (Fsp3) is 0.800. The molecule has 0 saturated carbocycles. The highest BCUT2D eigenvalue weighted by molar-refractivity contribution is 8.13. The highest BCUT2D eigenvalue weighted by Gasteiger charge is 2.44. The van der Waals surface area contributed by atoms with Gasteiger partial charge in [0.25, 0.3) is 5.92 Å². The van der Waals surface area contributed by atoms with Gasteiger partial charge < -0.3 is 5.73 Å². The highest BCUT2D eigenvalue weighted by Crippen LogP contribution is 2.20. The smallest absolute Gasteiger partial charge is 0.379 e. The number of amidine groups is 1. The van der Waals surface area contributed by atoms with Gasteiger partial charge in [0.2, 0.25) is 0 Å². The zero-order chi connectivity index (χ0) is 14.5. The van der Waals surface area contributed by atoms with Gasteiger partial charge in [-0.15, -0.1) is 0 Å². The van der Waals surface area contributed by atoms with Gasteiger partial charge >= 0.3 is 15.6 Å². The van der Waals surface area contributed by atoms with E-state index in [9.17, 15) is 22.0 Å². The summed E-state index contributed by atoms with van der Waals surface area (Å²) in [6.45, 7) is 0.795. The molecular formula is C5H9F5N2O3S2. The SMILES string of the molecule is CC(F)(F)CSC(=N)N.O=S(=O)(O)C(F)(F)F. The summed E-state index contributed by atoms with van der Waals surface area (Å²) < 4.78 is 81.4. The fourth-order valence-electron chi connectivity index (χ4n) is 0.204. The molecule has 0 aliphatic rings. The predicted molar refractivity (Wildman–Crippen MR) is 52.6 cm³/mol. The molecule has 0 aromatic rings. The molecule has 5 nitrogen and oxygen atoms in total. The van der Waals surface area contributed by atoms with Crippen molar-refractivity contribution in [3.63, 3.8) is 0 Å². The van der Waals surface area contributed by atoms with Crippen LogP contribution in [0.2, 0.25) is 0 Å². The maximum absolute atomic E-state index is 11.9. The lowest BCUT2D eigenvalue weighted by Crippen LogP contribution is -2.21. The lowest BCUT2D eigenvalue weighted by atomic mass is 10.5. The Morgan fingerprint density at radius 3 is 1.71 bits per heavy atom. The van der Waals surface area contributed by atoms with Crippen LogP contribution in [-0.2, 0) is 10.1 Å². The van der Waals surface area contributed by atoms with Gasteiger partial charge in [-0.1, -0.05) is 11.8 Å². The molecule has 0 fully saturated rings. The van der Waals surface area contributed by atoms with E-state index >= 15 is 0 Å². The van der Waals surface area contributed by atoms with E-state index < -0.39 is 27.3 Å². The molecular weight excluding hydrogens is 295 g/mol. The topological polar surface area (TPSA) is 104 Å². The third kappa shape index (κ3) is 13.3. The van der Waals surface area contributed by atoms with Crippen LogP contribution in [0, 0.1) is 5.41 Å². The summed E-state index contributed by atoms with van der Waals surface area (Å²) >= 11 is 0.649. The average Bonchev–Trinajstić information content (AvgIpc) is 1.96. The summed E-state index contributed by atoms with van der Waals surface area (Å²) in [4.78, 5) is 0. The minimum atomic E-state index is -5.84. The molecule has 17 heavy (non-hydrogen) atoms. The molecule has 0 amide bonds. The van der Waals surface area contributed by atoms with Crippen LogP contribution < -0.4 is 5.73 Å². The first-order chi connectivity index (χ1) is 7.17. The van der Waals surface area contributed by atoms with Gasteiger partial charge in [0.05, 0.1) is 5.75 Å². The highest BCUT2D eigenvalue weighted by atomic mass is 32.2. The number of hydrogen-bond donors (Lipinski definition) is 3. The van der Waals surface area contributed by atoms with Gasteiger partial charge in [0, 0.05) is 6.92 Å². The first-order valence-corrected chi connectivity index (χ1v) is 5.98. The first-order valence-electron chi connectivity index (χ1n) is 3.55. The summed E-state index contributed by atoms with van der Waals surface area (Å²) in [7, 11) is -5.84. The van der Waals surface area contributed by atoms with E-state index in [2.05, 4.69) is 0 Å². The molecule has 0 aliphatic heterocycles. The Morgan fingerprint density at radius 1 is 1.35 bits per heavy atom. The molecule has 0 aromatic carbocycles. The summed E-state index contributed by atoms with van der Waals surface area (Å²) in [5.41, 5.74) is -0.722. The van der Waals surface area contributed by atoms with Gasteiger partial charge in [0.1, 0.15) is 0 Å². The molecule has 4 N–H and O–H groups in total. The number of thioether (sulfide) groups is 1. The molecule has 0 rings (SSSR count). The normalized spacial score (nSPS) is 12.6. The lowest BCUT2D eigenvalue weighted by molar-refractivity contribution is -0.0510. The minimum Gasteiger partial charge on any atom is -0.379 e. The Labute approximate surface area is 97.8 Å². The van der Waals surface area contributed by atoms with E-state index in [1.54, 1.807) is 0 Å². The zero-order valence-electron chi connectivity index (χ0n) is 8.25. The number of hydrogen-bond acceptors (Lipinski definition) is 4. The average molecular weight is 304 g/mol. The molecule has 0 aliphatic carbocycles. The van der Waals surface area contributed by atoms with Crippen LogP contribution in [0.3, 0.4) is 0 Å². The van der Waals surface area contributed by atoms with Gasteiger partial charge in [-0.05, 0) is 0 Å². The van der Waals surface area contributed by atoms with E-state index in [-0.39, 0.29) is 5.17 Å². The largest absolute Gasteiger partial charge is 0.522 e. The monoisotopic (exact) mass is 304 g/mol. The quantitative estimate of drug-likeness (QED) is 0.237. The van der Waals surface area contributed by atoms with Crippen molar-refractivity contribution >= 4 is 27.0 Å². The maximum atomic E-state index is 11.9. The number of nitrogens with two attached hydrogens (primary N) is 1. The van der Waals surface area contributed by atoms with Crippen LogP contribution in [0.25, 0.3) is 0 Å². The van der Waals surface area contributed by atoms with Crippen molar-refractivity contribution in [2.75, 3.05) is 5.75 Å². The number of halogens is 5. The Morgan fingerprint density at radius 2 is 1.65 bits per heavy atom. The molecule has 0 aromatic heterocycles. The molecule has 0 heterocycles. The van der Waals surface area contributed by atoms with E-state index in [1.165, 1.54) is 0 Å². The van der Waals surface area contributed by atoms with Crippen LogP contribution >= 0.6 is 11.8 Å². The van der Waals surface area contributed by atoms with Gasteiger partial charge in [-0.2, -0.15) is 21.6 Å². The Kier molecular flexibility index (Phi) is 7.00. The summed E-state index contributed by atoms with van der Waals surface area (Å²) in [5.74, 6) is -3.14. The fourth-order valence-corrected chi connectivity index (χ4v) is 0.613. The van der Waals surface area contributed by atoms with Crippen molar-refractivity contribution in [2.45, 2.75) is 18.4 Å². The van der Waals surface area contributed by atoms with Crippen LogP contribution in [0.1, 0.15) is 6.92 Å². The second-order valence-corrected chi connectivity index (χ2v) is 5.07. The van der Waals surface area contributed by atoms with E-state index in [0.29, 0.717) is 11.8 Å². The molecule has 0 atom stereocenters. The van der Waals surface area contributed by atoms with E-state index in [4.69, 9.17) is 24.1 Å². The summed E-state index contributed by atoms with van der Waals surface area (Å²) in [5, 5.41) is 6.31. The van der Waals surface area contributed by atoms with Crippen molar-refractivity contribution in [2.24, 2.45) is 5.73 Å². The van der Waals surface area contributed by atoms with Crippen LogP contribution in [-0.4, -0.2) is 35.3 Å². The van der Waals surface area contributed by atoms with Crippen molar-refractivity contribution < 1.29 is 34.9 Å². The van der Waals surface area contributed by atoms with Gasteiger partial charge in [0.15, 0.2) is 5.17 Å². The van der Waals surface area contributed by atoms with Crippen LogP contribution in [0.15, 0.2) is 0 Å². The lowest BCUT2D eigenvalue weighted by Gasteiger charge is -2.06. The molecule has 0 radical (unpaired) electrons. The van der Waals surface area contributed by atoms with Gasteiger partial charge in [-0.25, -0.2) is 8.78 Å². The third-order valence-electron chi connectivity index (χ3n) is 0.774. The zero-order valence-corrected chi connectivity index (χ0v) is 9.89. The number of nitrogens with one attached hydrogen (secondary N) is 1. The Hall–Kier alpha value is -0.620. The predicted octanol–water partition coefficient (Wildman–Crippen LogP) is 1.66. The minimum absolute atomic E-state index is 0.267. The molecule has 0 bridgehead atoms. The van der Waals surface area contributed by atoms with Crippen molar-refractivity contribution in [1.29, 1.82) is 5.41 Å². The molecule has 104 valence electrons. The second kappa shape index (κ2) is 6.35. The first kappa shape index (κ1) is 18.7. The Balaban J connectivity index is 0. The van der Waals surface area contributed by atoms with E-state index in [1.807, 2.05) is 0 Å². The van der Waals surface area contributed by atoms with Crippen LogP contribution in [0.4, 0.5) is 22.0 Å². The maximum Gasteiger partial charge on any atom is 0.522 e. The molecule has 0 spiro atoms. The summed E-state index contributed by atoms with van der Waals surface area (Å²) in [6.07, 6.45) is 0. The Bertz CT molecular complexity index is 348. The second-order valence-electron chi connectivity index (χ2n) is 2.64. The number of alkyl halides is 5. The van der Waals surface area contributed by atoms with Crippen molar-refractivity contribution in [3.05, 3.63) is 0 Å². The third-order valence-corrected chi connectivity index (χ3v) is 2.32. The molecule has 0 saturated heterocycles. The number of rotatable bonds is 2.